The molecule has 0 aliphatic carbocycles. The minimum Gasteiger partial charge on any atom is -0.478 e. The number of carbonyl (C=O) groups excluding carboxylic acids is 1. The van der Waals surface area contributed by atoms with Crippen molar-refractivity contribution >= 4 is 29.4 Å². The van der Waals surface area contributed by atoms with Gasteiger partial charge >= 0.3 is 5.97 Å². The van der Waals surface area contributed by atoms with Crippen molar-refractivity contribution in [2.24, 2.45) is 0 Å². The molecular weight excluding hydrogens is 240 g/mol. The average Bonchev–Trinajstić information content (AvgIpc) is 2.78. The molecule has 17 heavy (non-hydrogen) atoms. The van der Waals surface area contributed by atoms with Crippen molar-refractivity contribution in [1.29, 1.82) is 0 Å². The molecule has 0 aliphatic rings. The normalized spacial score (nSPS) is 10.1. The van der Waals surface area contributed by atoms with Crippen LogP contribution in [0.15, 0.2) is 23.7 Å². The number of rotatable bonds is 3. The third-order valence-corrected chi connectivity index (χ3v) is 3.08. The molecule has 0 bridgehead atoms. The van der Waals surface area contributed by atoms with E-state index >= 15 is 0 Å². The van der Waals surface area contributed by atoms with Crippen molar-refractivity contribution in [2.75, 3.05) is 5.73 Å². The molecule has 0 aromatic carbocycles. The monoisotopic (exact) mass is 248 g/mol. The van der Waals surface area contributed by atoms with E-state index in [4.69, 9.17) is 10.8 Å². The van der Waals surface area contributed by atoms with Gasteiger partial charge in [-0.2, -0.15) is 0 Å². The maximum Gasteiger partial charge on any atom is 0.339 e. The molecule has 3 N–H and O–H groups in total. The lowest BCUT2D eigenvalue weighted by molar-refractivity contribution is 0.0697. The van der Waals surface area contributed by atoms with E-state index < -0.39 is 5.97 Å². The topological polar surface area (TPSA) is 93.3 Å². The molecule has 0 spiro atoms. The first-order chi connectivity index (χ1) is 8.11. The summed E-state index contributed by atoms with van der Waals surface area (Å²) in [6.07, 6.45) is 2.23. The number of hydrogen-bond acceptors (Lipinski definition) is 5. The van der Waals surface area contributed by atoms with Crippen LogP contribution in [0.2, 0.25) is 0 Å². The number of anilines is 1. The van der Waals surface area contributed by atoms with E-state index in [0.29, 0.717) is 10.4 Å². The highest BCUT2D eigenvalue weighted by molar-refractivity contribution is 7.12. The van der Waals surface area contributed by atoms with Crippen LogP contribution in [0.1, 0.15) is 20.0 Å². The number of nitrogen functional groups attached to an aromatic ring is 1. The van der Waals surface area contributed by atoms with Gasteiger partial charge < -0.3 is 10.8 Å². The summed E-state index contributed by atoms with van der Waals surface area (Å²) in [4.78, 5) is 25.9. The van der Waals surface area contributed by atoms with Crippen molar-refractivity contribution in [2.45, 2.75) is 0 Å². The Kier molecular flexibility index (Phi) is 2.88. The van der Waals surface area contributed by atoms with Crippen LogP contribution in [0.5, 0.6) is 0 Å². The smallest absolute Gasteiger partial charge is 0.339 e. The minimum absolute atomic E-state index is 0.0212. The Morgan fingerprint density at radius 2 is 2.18 bits per heavy atom. The largest absolute Gasteiger partial charge is 0.478 e. The number of aldehydes is 1. The molecule has 0 amide bonds. The van der Waals surface area contributed by atoms with Gasteiger partial charge in [-0.05, 0) is 23.1 Å². The number of aromatic nitrogens is 1. The van der Waals surface area contributed by atoms with E-state index in [1.54, 1.807) is 11.4 Å². The Morgan fingerprint density at radius 3 is 2.76 bits per heavy atom. The summed E-state index contributed by atoms with van der Waals surface area (Å²) in [6, 6.07) is 3.12. The fraction of sp³-hybridized carbons (Fsp3) is 0. The first kappa shape index (κ1) is 11.3. The zero-order valence-corrected chi connectivity index (χ0v) is 9.40. The number of carboxylic acids is 1. The van der Waals surface area contributed by atoms with Crippen LogP contribution in [0.4, 0.5) is 5.82 Å². The van der Waals surface area contributed by atoms with Crippen molar-refractivity contribution in [1.82, 2.24) is 4.98 Å². The Morgan fingerprint density at radius 1 is 1.41 bits per heavy atom. The maximum absolute atomic E-state index is 10.9. The summed E-state index contributed by atoms with van der Waals surface area (Å²) in [5, 5.41) is 10.7. The number of nitrogens with zero attached hydrogens (tertiary/aromatic N) is 1. The SMILES string of the molecule is Nc1ncc(-c2csc(C=O)c2)cc1C(=O)O. The number of carboxylic acid groups (broad SMARTS) is 1. The molecule has 0 unspecified atom stereocenters. The lowest BCUT2D eigenvalue weighted by atomic mass is 10.1. The number of carbonyl (C=O) groups is 2. The molecule has 2 rings (SSSR count). The molecule has 0 saturated carbocycles. The van der Waals surface area contributed by atoms with Gasteiger partial charge in [0, 0.05) is 11.8 Å². The predicted molar refractivity (Wildman–Crippen MR) is 64.3 cm³/mol. The molecule has 0 fully saturated rings. The van der Waals surface area contributed by atoms with E-state index in [9.17, 15) is 9.59 Å². The third-order valence-electron chi connectivity index (χ3n) is 2.22. The zero-order chi connectivity index (χ0) is 12.4. The second kappa shape index (κ2) is 4.34. The molecule has 2 heterocycles. The second-order valence-corrected chi connectivity index (χ2v) is 4.26. The van der Waals surface area contributed by atoms with Gasteiger partial charge in [0.15, 0.2) is 6.29 Å². The Hall–Kier alpha value is -2.21. The van der Waals surface area contributed by atoms with Gasteiger partial charge in [-0.15, -0.1) is 11.3 Å². The van der Waals surface area contributed by atoms with Crippen molar-refractivity contribution < 1.29 is 14.7 Å². The van der Waals surface area contributed by atoms with Crippen LogP contribution in [0.25, 0.3) is 11.1 Å². The van der Waals surface area contributed by atoms with Gasteiger partial charge in [-0.3, -0.25) is 4.79 Å². The molecule has 86 valence electrons. The molecule has 6 heteroatoms. The van der Waals surface area contributed by atoms with E-state index in [1.807, 2.05) is 0 Å². The number of thiophene rings is 1. The molecule has 0 aliphatic heterocycles. The lowest BCUT2D eigenvalue weighted by Crippen LogP contribution is -2.04. The Bertz CT molecular complexity index is 592. The summed E-state index contributed by atoms with van der Waals surface area (Å²) in [5.41, 5.74) is 6.80. The number of nitrogens with two attached hydrogens (primary N) is 1. The van der Waals surface area contributed by atoms with Gasteiger partial charge in [-0.1, -0.05) is 0 Å². The summed E-state index contributed by atoms with van der Waals surface area (Å²) in [7, 11) is 0. The Balaban J connectivity index is 2.49. The van der Waals surface area contributed by atoms with Gasteiger partial charge in [0.05, 0.1) is 4.88 Å². The first-order valence-electron chi connectivity index (χ1n) is 4.64. The fourth-order valence-electron chi connectivity index (χ4n) is 1.37. The van der Waals surface area contributed by atoms with Crippen LogP contribution in [0, 0.1) is 0 Å². The standard InChI is InChI=1S/C11H8N2O3S/c12-10-9(11(15)16)2-6(3-13-10)7-1-8(4-14)17-5-7/h1-5H,(H2,12,13)(H,15,16). The van der Waals surface area contributed by atoms with Crippen LogP contribution >= 0.6 is 11.3 Å². The molecule has 0 atom stereocenters. The maximum atomic E-state index is 10.9. The summed E-state index contributed by atoms with van der Waals surface area (Å²) in [5.74, 6) is -1.14. The zero-order valence-electron chi connectivity index (χ0n) is 8.58. The summed E-state index contributed by atoms with van der Waals surface area (Å²) >= 11 is 1.29. The highest BCUT2D eigenvalue weighted by Gasteiger charge is 2.11. The number of pyridine rings is 1. The third kappa shape index (κ3) is 2.16. The van der Waals surface area contributed by atoms with E-state index in [1.165, 1.54) is 23.6 Å². The quantitative estimate of drug-likeness (QED) is 0.809. The molecule has 5 nitrogen and oxygen atoms in total. The first-order valence-corrected chi connectivity index (χ1v) is 5.52. The Labute approximate surface area is 101 Å². The molecule has 2 aromatic rings. The lowest BCUT2D eigenvalue weighted by Gasteiger charge is -2.02. The van der Waals surface area contributed by atoms with Crippen LogP contribution < -0.4 is 5.73 Å². The molecule has 2 aromatic heterocycles. The van der Waals surface area contributed by atoms with E-state index in [0.717, 1.165) is 11.8 Å². The summed E-state index contributed by atoms with van der Waals surface area (Å²) < 4.78 is 0. The fourth-order valence-corrected chi connectivity index (χ4v) is 2.09. The van der Waals surface area contributed by atoms with Gasteiger partial charge in [0.25, 0.3) is 0 Å². The van der Waals surface area contributed by atoms with Crippen LogP contribution in [-0.2, 0) is 0 Å². The van der Waals surface area contributed by atoms with Crippen molar-refractivity contribution in [3.8, 4) is 11.1 Å². The number of aromatic carboxylic acids is 1. The van der Waals surface area contributed by atoms with Crippen molar-refractivity contribution in [3.05, 3.63) is 34.2 Å². The van der Waals surface area contributed by atoms with Crippen LogP contribution in [0.3, 0.4) is 0 Å². The average molecular weight is 248 g/mol. The molecule has 0 saturated heterocycles. The van der Waals surface area contributed by atoms with Gasteiger partial charge in [-0.25, -0.2) is 9.78 Å². The summed E-state index contributed by atoms with van der Waals surface area (Å²) in [6.45, 7) is 0. The molecule has 0 radical (unpaired) electrons. The van der Waals surface area contributed by atoms with E-state index in [-0.39, 0.29) is 11.4 Å². The van der Waals surface area contributed by atoms with Crippen molar-refractivity contribution in [3.63, 3.8) is 0 Å². The van der Waals surface area contributed by atoms with Gasteiger partial charge in [0.1, 0.15) is 11.4 Å². The van der Waals surface area contributed by atoms with Gasteiger partial charge in [0.2, 0.25) is 0 Å². The van der Waals surface area contributed by atoms with Crippen LogP contribution in [-0.4, -0.2) is 22.3 Å². The number of hydrogen-bond donors (Lipinski definition) is 2. The minimum atomic E-state index is -1.12. The van der Waals surface area contributed by atoms with E-state index in [2.05, 4.69) is 4.98 Å². The predicted octanol–water partition coefficient (Wildman–Crippen LogP) is 1.90. The highest BCUT2D eigenvalue weighted by Crippen LogP contribution is 2.26. The second-order valence-electron chi connectivity index (χ2n) is 3.32. The highest BCUT2D eigenvalue weighted by atomic mass is 32.1. The molecular formula is C11H8N2O3S.